The van der Waals surface area contributed by atoms with Crippen molar-refractivity contribution < 1.29 is 9.69 Å². The Kier molecular flexibility index (Phi) is 6.00. The van der Waals surface area contributed by atoms with Gasteiger partial charge in [0, 0.05) is 39.6 Å². The number of carbonyl (C=O) groups excluding carboxylic acids is 1. The number of anilines is 2. The Morgan fingerprint density at radius 2 is 1.07 bits per heavy atom. The lowest BCUT2D eigenvalue weighted by atomic mass is 9.94. The van der Waals surface area contributed by atoms with E-state index in [0.717, 1.165) is 46.7 Å². The normalized spacial score (nSPS) is 19.9. The number of rotatable bonds is 4. The lowest BCUT2D eigenvalue weighted by molar-refractivity contribution is -0.870. The van der Waals surface area contributed by atoms with Crippen molar-refractivity contribution in [2.24, 2.45) is 0 Å². The number of quaternary nitrogens is 1. The molecular weight excluding hydrogens is 346 g/mol. The first kappa shape index (κ1) is 19.9. The fourth-order valence-electron chi connectivity index (χ4n) is 3.45. The molecule has 1 N–H and O–H groups in total. The molecule has 0 aliphatic carbocycles. The van der Waals surface area contributed by atoms with Crippen LogP contribution in [0.25, 0.3) is 12.2 Å². The van der Waals surface area contributed by atoms with Crippen molar-refractivity contribution in [3.05, 3.63) is 70.8 Å². The highest BCUT2D eigenvalue weighted by Crippen LogP contribution is 2.19. The first-order valence-electron chi connectivity index (χ1n) is 9.65. The zero-order chi connectivity index (χ0) is 20.3. The van der Waals surface area contributed by atoms with Crippen LogP contribution >= 0.6 is 0 Å². The summed E-state index contributed by atoms with van der Waals surface area (Å²) >= 11 is 0. The Labute approximate surface area is 168 Å². The standard InChI is InChI=1S/C24H29N3O/c1-25(2)22-10-6-18(7-11-22)14-20-16-27(5)17-21(24(20)28)15-19-8-12-23(13-9-19)26(3)4/h6-15H,16-17H2,1-5H3/p+1/b20-14+,21-15+. The average Bonchev–Trinajstić information content (AvgIpc) is 2.66. The van der Waals surface area contributed by atoms with E-state index >= 15 is 0 Å². The van der Waals surface area contributed by atoms with Gasteiger partial charge in [0.05, 0.1) is 18.2 Å². The second-order valence-corrected chi connectivity index (χ2v) is 7.95. The third-order valence-corrected chi connectivity index (χ3v) is 5.07. The number of likely N-dealkylation sites (N-methyl/N-ethyl adjacent to an activating group) is 1. The topological polar surface area (TPSA) is 28.0 Å². The lowest BCUT2D eigenvalue weighted by Crippen LogP contribution is -3.10. The van der Waals surface area contributed by atoms with Gasteiger partial charge in [0.25, 0.3) is 0 Å². The molecule has 1 aliphatic heterocycles. The minimum absolute atomic E-state index is 0.166. The minimum Gasteiger partial charge on any atom is -0.378 e. The van der Waals surface area contributed by atoms with E-state index in [1.807, 2.05) is 40.3 Å². The van der Waals surface area contributed by atoms with Crippen LogP contribution in [0.2, 0.25) is 0 Å². The molecule has 28 heavy (non-hydrogen) atoms. The van der Waals surface area contributed by atoms with Crippen LogP contribution in [0.1, 0.15) is 11.1 Å². The van der Waals surface area contributed by atoms with E-state index in [4.69, 9.17) is 0 Å². The first-order chi connectivity index (χ1) is 13.3. The molecule has 0 bridgehead atoms. The first-order valence-corrected chi connectivity index (χ1v) is 9.65. The highest BCUT2D eigenvalue weighted by molar-refractivity contribution is 6.14. The fourth-order valence-corrected chi connectivity index (χ4v) is 3.45. The molecule has 2 aromatic carbocycles. The van der Waals surface area contributed by atoms with Gasteiger partial charge in [-0.25, -0.2) is 0 Å². The van der Waals surface area contributed by atoms with Crippen LogP contribution in [-0.2, 0) is 4.79 Å². The number of carbonyl (C=O) groups is 1. The highest BCUT2D eigenvalue weighted by atomic mass is 16.1. The van der Waals surface area contributed by atoms with E-state index in [2.05, 4.69) is 65.4 Å². The Morgan fingerprint density at radius 1 is 0.714 bits per heavy atom. The molecule has 1 fully saturated rings. The van der Waals surface area contributed by atoms with Crippen LogP contribution < -0.4 is 14.7 Å². The number of nitrogens with zero attached hydrogens (tertiary/aromatic N) is 2. The van der Waals surface area contributed by atoms with Gasteiger partial charge in [0.2, 0.25) is 0 Å². The van der Waals surface area contributed by atoms with E-state index in [9.17, 15) is 4.79 Å². The van der Waals surface area contributed by atoms with Crippen molar-refractivity contribution in [1.82, 2.24) is 0 Å². The predicted octanol–water partition coefficient (Wildman–Crippen LogP) is 2.38. The number of benzene rings is 2. The number of ketones is 1. The van der Waals surface area contributed by atoms with Gasteiger partial charge in [-0.1, -0.05) is 24.3 Å². The molecule has 0 aromatic heterocycles. The maximum atomic E-state index is 13.1. The summed E-state index contributed by atoms with van der Waals surface area (Å²) in [6.45, 7) is 1.51. The third kappa shape index (κ3) is 4.70. The number of hydrogen-bond donors (Lipinski definition) is 1. The molecule has 2 aromatic rings. The molecule has 0 radical (unpaired) electrons. The maximum absolute atomic E-state index is 13.1. The van der Waals surface area contributed by atoms with Gasteiger partial charge in [-0.3, -0.25) is 4.79 Å². The quantitative estimate of drug-likeness (QED) is 0.831. The van der Waals surface area contributed by atoms with E-state index in [1.165, 1.54) is 4.90 Å². The summed E-state index contributed by atoms with van der Waals surface area (Å²) in [5.74, 6) is 0.166. The number of likely N-dealkylation sites (tertiary alicyclic amines) is 1. The molecule has 1 saturated heterocycles. The zero-order valence-corrected chi connectivity index (χ0v) is 17.5. The van der Waals surface area contributed by atoms with E-state index in [-0.39, 0.29) is 5.78 Å². The smallest absolute Gasteiger partial charge is 0.196 e. The van der Waals surface area contributed by atoms with E-state index < -0.39 is 0 Å². The summed E-state index contributed by atoms with van der Waals surface area (Å²) in [4.78, 5) is 18.5. The molecule has 4 nitrogen and oxygen atoms in total. The van der Waals surface area contributed by atoms with Crippen molar-refractivity contribution in [2.45, 2.75) is 0 Å². The number of nitrogens with one attached hydrogen (secondary N) is 1. The molecule has 0 unspecified atom stereocenters. The lowest BCUT2D eigenvalue weighted by Gasteiger charge is -2.23. The van der Waals surface area contributed by atoms with E-state index in [1.54, 1.807) is 0 Å². The minimum atomic E-state index is 0.166. The summed E-state index contributed by atoms with van der Waals surface area (Å²) < 4.78 is 0. The molecule has 0 amide bonds. The molecule has 3 rings (SSSR count). The van der Waals surface area contributed by atoms with E-state index in [0.29, 0.717) is 0 Å². The molecule has 146 valence electrons. The summed E-state index contributed by atoms with van der Waals surface area (Å²) in [6, 6.07) is 16.6. The van der Waals surface area contributed by atoms with Gasteiger partial charge >= 0.3 is 0 Å². The largest absolute Gasteiger partial charge is 0.378 e. The number of hydrogen-bond acceptors (Lipinski definition) is 3. The number of Topliss-reactive ketones (excluding diaryl/α,β-unsaturated/α-hetero) is 1. The maximum Gasteiger partial charge on any atom is 0.196 e. The summed E-state index contributed by atoms with van der Waals surface area (Å²) in [5, 5.41) is 0. The van der Waals surface area contributed by atoms with Crippen LogP contribution in [0.3, 0.4) is 0 Å². The van der Waals surface area contributed by atoms with Crippen molar-refractivity contribution in [2.75, 3.05) is 58.1 Å². The monoisotopic (exact) mass is 376 g/mol. The van der Waals surface area contributed by atoms with Crippen LogP contribution in [0, 0.1) is 0 Å². The summed E-state index contributed by atoms with van der Waals surface area (Å²) in [5.41, 5.74) is 6.19. The Bertz CT molecular complexity index is 817. The predicted molar refractivity (Wildman–Crippen MR) is 119 cm³/mol. The van der Waals surface area contributed by atoms with Crippen molar-refractivity contribution in [3.63, 3.8) is 0 Å². The Balaban J connectivity index is 1.85. The fraction of sp³-hybridized carbons (Fsp3) is 0.292. The van der Waals surface area contributed by atoms with Crippen molar-refractivity contribution in [3.8, 4) is 0 Å². The van der Waals surface area contributed by atoms with Crippen molar-refractivity contribution in [1.29, 1.82) is 0 Å². The molecular formula is C24H30N3O+. The molecule has 1 aliphatic rings. The van der Waals surface area contributed by atoms with Crippen LogP contribution in [0.4, 0.5) is 11.4 Å². The third-order valence-electron chi connectivity index (χ3n) is 5.07. The van der Waals surface area contributed by atoms with Gasteiger partial charge in [-0.05, 0) is 47.5 Å². The summed E-state index contributed by atoms with van der Waals surface area (Å²) in [6.07, 6.45) is 4.07. The molecule has 0 atom stereocenters. The summed E-state index contributed by atoms with van der Waals surface area (Å²) in [7, 11) is 10.2. The van der Waals surface area contributed by atoms with Gasteiger partial charge < -0.3 is 14.7 Å². The molecule has 1 heterocycles. The van der Waals surface area contributed by atoms with Gasteiger partial charge in [-0.2, -0.15) is 0 Å². The number of piperidine rings is 1. The second kappa shape index (κ2) is 8.44. The average molecular weight is 377 g/mol. The Morgan fingerprint density at radius 3 is 1.39 bits per heavy atom. The SMILES string of the molecule is CN(C)c1ccc(/C=C2\C[NH+](C)C/C(=C\c3ccc(N(C)C)cc3)C2=O)cc1. The van der Waals surface area contributed by atoms with Gasteiger partial charge in [0.15, 0.2) is 5.78 Å². The van der Waals surface area contributed by atoms with Crippen LogP contribution in [0.5, 0.6) is 0 Å². The highest BCUT2D eigenvalue weighted by Gasteiger charge is 2.27. The van der Waals surface area contributed by atoms with Crippen LogP contribution in [-0.4, -0.2) is 54.1 Å². The zero-order valence-electron chi connectivity index (χ0n) is 17.5. The molecule has 0 spiro atoms. The van der Waals surface area contributed by atoms with Crippen LogP contribution in [0.15, 0.2) is 59.7 Å². The van der Waals surface area contributed by atoms with Crippen molar-refractivity contribution >= 4 is 29.3 Å². The molecule has 4 heteroatoms. The van der Waals surface area contributed by atoms with Gasteiger partial charge in [-0.15, -0.1) is 0 Å². The van der Waals surface area contributed by atoms with Gasteiger partial charge in [0.1, 0.15) is 13.1 Å². The second-order valence-electron chi connectivity index (χ2n) is 7.95. The Hall–Kier alpha value is -2.85. The molecule has 0 saturated carbocycles.